The number of aryl methyl sites for hydroxylation is 2. The molecule has 2 aromatic rings. The van der Waals surface area contributed by atoms with Gasteiger partial charge in [0.2, 0.25) is 5.91 Å². The van der Waals surface area contributed by atoms with Crippen molar-refractivity contribution in [2.24, 2.45) is 0 Å². The smallest absolute Gasteiger partial charge is 0.246 e. The van der Waals surface area contributed by atoms with Gasteiger partial charge in [0.25, 0.3) is 0 Å². The van der Waals surface area contributed by atoms with Gasteiger partial charge in [0.15, 0.2) is 0 Å². The van der Waals surface area contributed by atoms with Gasteiger partial charge in [-0.2, -0.15) is 5.10 Å². The minimum atomic E-state index is 0.0303. The highest BCUT2D eigenvalue weighted by Gasteiger charge is 2.26. The molecule has 1 aliphatic heterocycles. The van der Waals surface area contributed by atoms with Gasteiger partial charge in [0.1, 0.15) is 0 Å². The van der Waals surface area contributed by atoms with Crippen LogP contribution in [0.5, 0.6) is 0 Å². The van der Waals surface area contributed by atoms with E-state index in [9.17, 15) is 4.79 Å². The predicted octanol–water partition coefficient (Wildman–Crippen LogP) is 3.51. The zero-order chi connectivity index (χ0) is 19.6. The summed E-state index contributed by atoms with van der Waals surface area (Å²) in [6.07, 6.45) is 3.65. The molecule has 144 valence electrons. The van der Waals surface area contributed by atoms with E-state index < -0.39 is 0 Å². The molecule has 5 nitrogen and oxygen atoms in total. The lowest BCUT2D eigenvalue weighted by Crippen LogP contribution is -2.49. The summed E-state index contributed by atoms with van der Waals surface area (Å²) in [5.74, 6) is 0.0303. The molecular formula is C22H29N3O2. The molecule has 5 heteroatoms. The maximum absolute atomic E-state index is 12.6. The summed E-state index contributed by atoms with van der Waals surface area (Å²) >= 11 is 0. The molecule has 0 radical (unpaired) electrons. The largest absolute Gasteiger partial charge is 0.375 e. The van der Waals surface area contributed by atoms with E-state index in [1.165, 1.54) is 11.1 Å². The van der Waals surface area contributed by atoms with Crippen LogP contribution in [0, 0.1) is 20.8 Å². The molecular weight excluding hydrogens is 338 g/mol. The third kappa shape index (κ3) is 4.48. The lowest BCUT2D eigenvalue weighted by Gasteiger charge is -2.36. The monoisotopic (exact) mass is 367 g/mol. The molecule has 1 aliphatic rings. The SMILES string of the molecule is Cc1ccc(Cn2nc(C)c(/C=C/C(=O)N3CC(C)OCC3C)c2C)cc1. The first-order valence-corrected chi connectivity index (χ1v) is 9.55. The Balaban J connectivity index is 1.75. The Hall–Kier alpha value is -2.40. The van der Waals surface area contributed by atoms with Crippen LogP contribution in [0.3, 0.4) is 0 Å². The van der Waals surface area contributed by atoms with Crippen molar-refractivity contribution in [2.45, 2.75) is 53.3 Å². The molecule has 2 heterocycles. The number of morpholine rings is 1. The fraction of sp³-hybridized carbons (Fsp3) is 0.455. The fourth-order valence-corrected chi connectivity index (χ4v) is 3.43. The van der Waals surface area contributed by atoms with E-state index in [1.54, 1.807) is 6.08 Å². The second kappa shape index (κ2) is 8.09. The first-order valence-electron chi connectivity index (χ1n) is 9.55. The molecule has 1 saturated heterocycles. The predicted molar refractivity (Wildman–Crippen MR) is 108 cm³/mol. The molecule has 0 spiro atoms. The fourth-order valence-electron chi connectivity index (χ4n) is 3.43. The Bertz CT molecular complexity index is 836. The minimum absolute atomic E-state index is 0.0303. The number of carbonyl (C=O) groups is 1. The maximum Gasteiger partial charge on any atom is 0.246 e. The van der Waals surface area contributed by atoms with Gasteiger partial charge < -0.3 is 9.64 Å². The van der Waals surface area contributed by atoms with Gasteiger partial charge in [-0.05, 0) is 46.3 Å². The topological polar surface area (TPSA) is 47.4 Å². The van der Waals surface area contributed by atoms with E-state index >= 15 is 0 Å². The number of hydrogen-bond acceptors (Lipinski definition) is 3. The van der Waals surface area contributed by atoms with E-state index in [1.807, 2.05) is 36.4 Å². The van der Waals surface area contributed by atoms with E-state index in [0.29, 0.717) is 13.2 Å². The molecule has 1 fully saturated rings. The average molecular weight is 367 g/mol. The molecule has 1 aromatic heterocycles. The van der Waals surface area contributed by atoms with Gasteiger partial charge >= 0.3 is 0 Å². The van der Waals surface area contributed by atoms with Crippen molar-refractivity contribution in [3.63, 3.8) is 0 Å². The van der Waals surface area contributed by atoms with Crippen molar-refractivity contribution in [3.05, 3.63) is 58.4 Å². The van der Waals surface area contributed by atoms with Gasteiger partial charge in [-0.1, -0.05) is 29.8 Å². The van der Waals surface area contributed by atoms with Crippen LogP contribution in [0.15, 0.2) is 30.3 Å². The van der Waals surface area contributed by atoms with Crippen LogP contribution in [0.1, 0.15) is 41.9 Å². The third-order valence-electron chi connectivity index (χ3n) is 5.17. The van der Waals surface area contributed by atoms with Crippen LogP contribution in [-0.4, -0.2) is 45.9 Å². The number of ether oxygens (including phenoxy) is 1. The molecule has 0 saturated carbocycles. The number of nitrogens with zero attached hydrogens (tertiary/aromatic N) is 3. The second-order valence-corrected chi connectivity index (χ2v) is 7.54. The van der Waals surface area contributed by atoms with E-state index in [-0.39, 0.29) is 18.1 Å². The van der Waals surface area contributed by atoms with Crippen molar-refractivity contribution in [2.75, 3.05) is 13.2 Å². The standard InChI is InChI=1S/C22H29N3O2/c1-15-6-8-20(9-7-15)13-25-19(5)21(18(4)23-25)10-11-22(26)24-12-17(3)27-14-16(24)2/h6-11,16-17H,12-14H2,1-5H3/b11-10+. The highest BCUT2D eigenvalue weighted by atomic mass is 16.5. The highest BCUT2D eigenvalue weighted by Crippen LogP contribution is 2.18. The number of carbonyl (C=O) groups excluding carboxylic acids is 1. The maximum atomic E-state index is 12.6. The van der Waals surface area contributed by atoms with Crippen molar-refractivity contribution in [3.8, 4) is 0 Å². The van der Waals surface area contributed by atoms with Crippen molar-refractivity contribution in [1.29, 1.82) is 0 Å². The van der Waals surface area contributed by atoms with Gasteiger partial charge in [-0.3, -0.25) is 9.48 Å². The van der Waals surface area contributed by atoms with Crippen LogP contribution in [0.2, 0.25) is 0 Å². The molecule has 3 rings (SSSR count). The molecule has 27 heavy (non-hydrogen) atoms. The van der Waals surface area contributed by atoms with Crippen molar-refractivity contribution >= 4 is 12.0 Å². The molecule has 0 aliphatic carbocycles. The Morgan fingerprint density at radius 3 is 2.63 bits per heavy atom. The van der Waals surface area contributed by atoms with Gasteiger partial charge in [-0.25, -0.2) is 0 Å². The van der Waals surface area contributed by atoms with Gasteiger partial charge in [0, 0.05) is 23.9 Å². The average Bonchev–Trinajstić information content (AvgIpc) is 2.90. The lowest BCUT2D eigenvalue weighted by atomic mass is 10.1. The first-order chi connectivity index (χ1) is 12.8. The summed E-state index contributed by atoms with van der Waals surface area (Å²) in [5, 5.41) is 4.67. The van der Waals surface area contributed by atoms with E-state index in [2.05, 4.69) is 43.2 Å². The highest BCUT2D eigenvalue weighted by molar-refractivity contribution is 5.92. The summed E-state index contributed by atoms with van der Waals surface area (Å²) in [6, 6.07) is 8.60. The summed E-state index contributed by atoms with van der Waals surface area (Å²) in [6.45, 7) is 12.1. The van der Waals surface area contributed by atoms with Crippen LogP contribution < -0.4 is 0 Å². The Labute approximate surface area is 161 Å². The third-order valence-corrected chi connectivity index (χ3v) is 5.17. The molecule has 2 unspecified atom stereocenters. The summed E-state index contributed by atoms with van der Waals surface area (Å²) in [4.78, 5) is 14.5. The second-order valence-electron chi connectivity index (χ2n) is 7.54. The normalized spacial score (nSPS) is 20.4. The lowest BCUT2D eigenvalue weighted by molar-refractivity contribution is -0.137. The number of amides is 1. The van der Waals surface area contributed by atoms with Crippen LogP contribution >= 0.6 is 0 Å². The van der Waals surface area contributed by atoms with Crippen LogP contribution in [0.25, 0.3) is 6.08 Å². The number of aromatic nitrogens is 2. The zero-order valence-corrected chi connectivity index (χ0v) is 16.9. The Kier molecular flexibility index (Phi) is 5.80. The van der Waals surface area contributed by atoms with E-state index in [4.69, 9.17) is 4.74 Å². The molecule has 0 bridgehead atoms. The Morgan fingerprint density at radius 1 is 1.22 bits per heavy atom. The minimum Gasteiger partial charge on any atom is -0.375 e. The molecule has 1 amide bonds. The van der Waals surface area contributed by atoms with Crippen molar-refractivity contribution < 1.29 is 9.53 Å². The van der Waals surface area contributed by atoms with Crippen LogP contribution in [0.4, 0.5) is 0 Å². The number of rotatable bonds is 4. The zero-order valence-electron chi connectivity index (χ0n) is 16.9. The molecule has 1 aromatic carbocycles. The first kappa shape index (κ1) is 19.4. The summed E-state index contributed by atoms with van der Waals surface area (Å²) in [7, 11) is 0. The molecule has 0 N–H and O–H groups in total. The van der Waals surface area contributed by atoms with Crippen LogP contribution in [-0.2, 0) is 16.1 Å². The van der Waals surface area contributed by atoms with E-state index in [0.717, 1.165) is 23.5 Å². The summed E-state index contributed by atoms with van der Waals surface area (Å²) in [5.41, 5.74) is 5.49. The van der Waals surface area contributed by atoms with Gasteiger partial charge in [0.05, 0.1) is 31.0 Å². The summed E-state index contributed by atoms with van der Waals surface area (Å²) < 4.78 is 7.61. The molecule has 2 atom stereocenters. The quantitative estimate of drug-likeness (QED) is 0.777. The number of benzene rings is 1. The Morgan fingerprint density at radius 2 is 1.93 bits per heavy atom. The van der Waals surface area contributed by atoms with Crippen molar-refractivity contribution in [1.82, 2.24) is 14.7 Å². The van der Waals surface area contributed by atoms with Gasteiger partial charge in [-0.15, -0.1) is 0 Å². The number of hydrogen-bond donors (Lipinski definition) is 0.